The van der Waals surface area contributed by atoms with Crippen molar-refractivity contribution in [2.75, 3.05) is 0 Å². The second kappa shape index (κ2) is 7.12. The Morgan fingerprint density at radius 2 is 2.04 bits per heavy atom. The van der Waals surface area contributed by atoms with E-state index in [9.17, 15) is 13.2 Å². The number of aryl methyl sites for hydroxylation is 3. The number of carbonyl (C=O) groups is 1. The molecule has 8 nitrogen and oxygen atoms in total. The van der Waals surface area contributed by atoms with Crippen LogP contribution < -0.4 is 4.72 Å². The van der Waals surface area contributed by atoms with Crippen LogP contribution in [-0.2, 0) is 21.2 Å². The van der Waals surface area contributed by atoms with E-state index in [-0.39, 0.29) is 29.5 Å². The second-order valence-corrected chi connectivity index (χ2v) is 7.44. The third kappa shape index (κ3) is 3.99. The van der Waals surface area contributed by atoms with E-state index in [1.807, 2.05) is 6.07 Å². The van der Waals surface area contributed by atoms with E-state index >= 15 is 0 Å². The first-order chi connectivity index (χ1) is 12.3. The first-order valence-electron chi connectivity index (χ1n) is 7.84. The molecule has 0 fully saturated rings. The summed E-state index contributed by atoms with van der Waals surface area (Å²) in [6.07, 6.45) is 1.49. The molecule has 0 radical (unpaired) electrons. The highest BCUT2D eigenvalue weighted by atomic mass is 32.2. The van der Waals surface area contributed by atoms with Crippen molar-refractivity contribution in [2.45, 2.75) is 31.6 Å². The zero-order chi connectivity index (χ0) is 18.7. The molecule has 9 heteroatoms. The quantitative estimate of drug-likeness (QED) is 0.703. The Kier molecular flexibility index (Phi) is 4.90. The zero-order valence-electron chi connectivity index (χ0n) is 14.2. The van der Waals surface area contributed by atoms with Crippen LogP contribution >= 0.6 is 0 Å². The van der Waals surface area contributed by atoms with Crippen molar-refractivity contribution >= 4 is 15.9 Å². The number of sulfonamides is 1. The monoisotopic (exact) mass is 375 g/mol. The Hall–Kier alpha value is -2.94. The highest BCUT2D eigenvalue weighted by molar-refractivity contribution is 7.90. The summed E-state index contributed by atoms with van der Waals surface area (Å²) in [5.74, 6) is 0.287. The predicted octanol–water partition coefficient (Wildman–Crippen LogP) is 2.38. The summed E-state index contributed by atoms with van der Waals surface area (Å²) >= 11 is 0. The fraction of sp³-hybridized carbons (Fsp3) is 0.235. The average molecular weight is 375 g/mol. The van der Waals surface area contributed by atoms with Gasteiger partial charge < -0.3 is 8.94 Å². The van der Waals surface area contributed by atoms with Crippen LogP contribution in [-0.4, -0.2) is 24.5 Å². The van der Waals surface area contributed by atoms with Crippen molar-refractivity contribution in [1.82, 2.24) is 14.9 Å². The van der Waals surface area contributed by atoms with Crippen LogP contribution in [0.2, 0.25) is 0 Å². The van der Waals surface area contributed by atoms with Crippen LogP contribution in [0.1, 0.15) is 23.4 Å². The van der Waals surface area contributed by atoms with Gasteiger partial charge in [-0.05, 0) is 43.2 Å². The molecular weight excluding hydrogens is 358 g/mol. The maximum atomic E-state index is 12.4. The van der Waals surface area contributed by atoms with E-state index in [4.69, 9.17) is 8.94 Å². The molecule has 1 amide bonds. The smallest absolute Gasteiger partial charge is 0.264 e. The molecule has 0 unspecified atom stereocenters. The number of nitrogens with one attached hydrogen (secondary N) is 1. The number of hydrogen-bond acceptors (Lipinski definition) is 7. The summed E-state index contributed by atoms with van der Waals surface area (Å²) in [5.41, 5.74) is 1.36. The third-order valence-corrected chi connectivity index (χ3v) is 5.17. The molecule has 3 aromatic rings. The summed E-state index contributed by atoms with van der Waals surface area (Å²) in [7, 11) is -3.93. The molecule has 0 saturated heterocycles. The topological polar surface area (TPSA) is 115 Å². The van der Waals surface area contributed by atoms with Crippen LogP contribution in [0.4, 0.5) is 0 Å². The number of rotatable bonds is 6. The standard InChI is InChI=1S/C17H17N3O5S/c1-11-5-6-12(2)14(10-11)26(22,23)20-15(21)7-8-16-18-17(19-25-16)13-4-3-9-24-13/h3-6,9-10H,7-8H2,1-2H3,(H,20,21). The van der Waals surface area contributed by atoms with E-state index < -0.39 is 15.9 Å². The number of nitrogens with zero attached hydrogens (tertiary/aromatic N) is 2. The molecule has 2 heterocycles. The minimum Gasteiger partial charge on any atom is -0.461 e. The van der Waals surface area contributed by atoms with Crippen molar-refractivity contribution in [3.05, 3.63) is 53.6 Å². The number of furan rings is 1. The Labute approximate surface area is 150 Å². The van der Waals surface area contributed by atoms with Gasteiger partial charge in [0.05, 0.1) is 11.2 Å². The van der Waals surface area contributed by atoms with E-state index in [0.29, 0.717) is 11.3 Å². The van der Waals surface area contributed by atoms with Gasteiger partial charge in [0.25, 0.3) is 10.0 Å². The lowest BCUT2D eigenvalue weighted by Gasteiger charge is -2.09. The second-order valence-electron chi connectivity index (χ2n) is 5.79. The molecule has 3 rings (SSSR count). The van der Waals surface area contributed by atoms with Crippen molar-refractivity contribution in [2.24, 2.45) is 0 Å². The third-order valence-electron chi connectivity index (χ3n) is 3.66. The van der Waals surface area contributed by atoms with Gasteiger partial charge in [-0.2, -0.15) is 4.98 Å². The Morgan fingerprint density at radius 3 is 2.77 bits per heavy atom. The van der Waals surface area contributed by atoms with Crippen molar-refractivity contribution < 1.29 is 22.2 Å². The van der Waals surface area contributed by atoms with E-state index in [1.54, 1.807) is 32.0 Å². The molecule has 1 aromatic carbocycles. The number of aromatic nitrogens is 2. The SMILES string of the molecule is Cc1ccc(C)c(S(=O)(=O)NC(=O)CCc2nc(-c3ccco3)no2)c1. The van der Waals surface area contributed by atoms with Gasteiger partial charge in [0.15, 0.2) is 5.76 Å². The van der Waals surface area contributed by atoms with Crippen LogP contribution in [0.5, 0.6) is 0 Å². The Bertz CT molecular complexity index is 1020. The maximum absolute atomic E-state index is 12.4. The Morgan fingerprint density at radius 1 is 1.23 bits per heavy atom. The number of amides is 1. The van der Waals surface area contributed by atoms with Gasteiger partial charge in [-0.1, -0.05) is 17.3 Å². The molecule has 136 valence electrons. The molecule has 26 heavy (non-hydrogen) atoms. The number of benzene rings is 1. The van der Waals surface area contributed by atoms with E-state index in [0.717, 1.165) is 5.56 Å². The summed E-state index contributed by atoms with van der Waals surface area (Å²) in [5, 5.41) is 3.75. The molecule has 0 aliphatic carbocycles. The van der Waals surface area contributed by atoms with Crippen molar-refractivity contribution in [3.63, 3.8) is 0 Å². The summed E-state index contributed by atoms with van der Waals surface area (Å²) in [6, 6.07) is 8.40. The molecule has 0 aliphatic heterocycles. The molecule has 0 atom stereocenters. The maximum Gasteiger partial charge on any atom is 0.264 e. The lowest BCUT2D eigenvalue weighted by molar-refractivity contribution is -0.119. The molecule has 2 aromatic heterocycles. The summed E-state index contributed by atoms with van der Waals surface area (Å²) < 4.78 is 37.0. The Balaban J connectivity index is 1.63. The highest BCUT2D eigenvalue weighted by Gasteiger charge is 2.20. The molecule has 0 saturated carbocycles. The summed E-state index contributed by atoms with van der Waals surface area (Å²) in [6.45, 7) is 3.46. The molecule has 0 bridgehead atoms. The molecule has 0 spiro atoms. The fourth-order valence-corrected chi connectivity index (χ4v) is 3.68. The van der Waals surface area contributed by atoms with E-state index in [2.05, 4.69) is 14.9 Å². The van der Waals surface area contributed by atoms with Gasteiger partial charge in [0, 0.05) is 12.8 Å². The van der Waals surface area contributed by atoms with Crippen LogP contribution in [0, 0.1) is 13.8 Å². The lowest BCUT2D eigenvalue weighted by atomic mass is 10.2. The minimum atomic E-state index is -3.93. The van der Waals surface area contributed by atoms with Crippen LogP contribution in [0.15, 0.2) is 50.4 Å². The number of hydrogen-bond donors (Lipinski definition) is 1. The van der Waals surface area contributed by atoms with Crippen molar-refractivity contribution in [3.8, 4) is 11.6 Å². The highest BCUT2D eigenvalue weighted by Crippen LogP contribution is 2.18. The van der Waals surface area contributed by atoms with Crippen molar-refractivity contribution in [1.29, 1.82) is 0 Å². The van der Waals surface area contributed by atoms with E-state index in [1.165, 1.54) is 12.3 Å². The summed E-state index contributed by atoms with van der Waals surface area (Å²) in [4.78, 5) is 16.2. The molecule has 0 aliphatic rings. The van der Waals surface area contributed by atoms with Gasteiger partial charge in [-0.3, -0.25) is 4.79 Å². The van der Waals surface area contributed by atoms with Gasteiger partial charge in [0.2, 0.25) is 17.6 Å². The van der Waals surface area contributed by atoms with Crippen LogP contribution in [0.3, 0.4) is 0 Å². The first kappa shape index (κ1) is 17.9. The average Bonchev–Trinajstić information content (AvgIpc) is 3.25. The zero-order valence-corrected chi connectivity index (χ0v) is 15.0. The van der Waals surface area contributed by atoms with Gasteiger partial charge in [-0.15, -0.1) is 0 Å². The van der Waals surface area contributed by atoms with Crippen LogP contribution in [0.25, 0.3) is 11.6 Å². The number of carbonyl (C=O) groups excluding carboxylic acids is 1. The minimum absolute atomic E-state index is 0.0868. The molecule has 1 N–H and O–H groups in total. The largest absolute Gasteiger partial charge is 0.461 e. The van der Waals surface area contributed by atoms with Gasteiger partial charge in [0.1, 0.15) is 0 Å². The first-order valence-corrected chi connectivity index (χ1v) is 9.33. The lowest BCUT2D eigenvalue weighted by Crippen LogP contribution is -2.31. The predicted molar refractivity (Wildman–Crippen MR) is 91.6 cm³/mol. The van der Waals surface area contributed by atoms with Gasteiger partial charge in [-0.25, -0.2) is 13.1 Å². The molecular formula is C17H17N3O5S. The normalized spacial score (nSPS) is 11.5. The van der Waals surface area contributed by atoms with Gasteiger partial charge >= 0.3 is 0 Å². The fourth-order valence-electron chi connectivity index (χ4n) is 2.34.